The van der Waals surface area contributed by atoms with Crippen molar-refractivity contribution in [3.05, 3.63) is 47.7 Å². The molecular weight excluding hydrogens is 611 g/mol. The van der Waals surface area contributed by atoms with Crippen LogP contribution >= 0.6 is 0 Å². The predicted molar refractivity (Wildman–Crippen MR) is 169 cm³/mol. The van der Waals surface area contributed by atoms with Crippen LogP contribution in [-0.4, -0.2) is 80.5 Å². The Kier molecular flexibility index (Phi) is 7.19. The maximum Gasteiger partial charge on any atom is 0.319 e. The molecule has 246 valence electrons. The van der Waals surface area contributed by atoms with Crippen LogP contribution in [0, 0.1) is 29.4 Å². The minimum atomic E-state index is -0.945. The minimum absolute atomic E-state index is 0.0517. The first kappa shape index (κ1) is 30.2. The Hall–Kier alpha value is -4.19. The van der Waals surface area contributed by atoms with E-state index in [0.29, 0.717) is 60.0 Å². The zero-order valence-electron chi connectivity index (χ0n) is 26.1. The summed E-state index contributed by atoms with van der Waals surface area (Å²) in [5, 5.41) is 21.8. The fourth-order valence-corrected chi connectivity index (χ4v) is 8.99. The predicted octanol–water partition coefficient (Wildman–Crippen LogP) is 5.89. The highest BCUT2D eigenvalue weighted by Crippen LogP contribution is 2.46. The largest absolute Gasteiger partial charge is 0.508 e. The summed E-state index contributed by atoms with van der Waals surface area (Å²) in [7, 11) is 0. The molecule has 5 heterocycles. The van der Waals surface area contributed by atoms with Crippen molar-refractivity contribution >= 4 is 33.5 Å². The maximum atomic E-state index is 16.9. The highest BCUT2D eigenvalue weighted by molar-refractivity contribution is 6.01. The van der Waals surface area contributed by atoms with E-state index in [1.54, 1.807) is 6.07 Å². The van der Waals surface area contributed by atoms with Crippen molar-refractivity contribution in [1.29, 1.82) is 0 Å². The van der Waals surface area contributed by atoms with E-state index in [4.69, 9.17) is 9.72 Å². The van der Waals surface area contributed by atoms with Gasteiger partial charge in [0.25, 0.3) is 0 Å². The number of fused-ring (bicyclic) bond motifs is 5. The van der Waals surface area contributed by atoms with Crippen LogP contribution in [0.5, 0.6) is 11.8 Å². The smallest absolute Gasteiger partial charge is 0.319 e. The number of aryl methyl sites for hydroxylation is 1. The molecule has 2 bridgehead atoms. The number of carbonyl (C=O) groups is 1. The molecule has 2 aromatic carbocycles. The molecule has 0 amide bonds. The van der Waals surface area contributed by atoms with Crippen LogP contribution in [0.1, 0.15) is 44.6 Å². The fourth-order valence-electron chi connectivity index (χ4n) is 8.99. The maximum absolute atomic E-state index is 16.9. The van der Waals surface area contributed by atoms with Crippen molar-refractivity contribution in [1.82, 2.24) is 19.9 Å². The van der Waals surface area contributed by atoms with Gasteiger partial charge in [-0.1, -0.05) is 13.0 Å². The number of nitrogens with zero attached hydrogens (tertiary/aromatic N) is 5. The zero-order chi connectivity index (χ0) is 32.6. The number of piperidine rings is 1. The van der Waals surface area contributed by atoms with Crippen LogP contribution in [0.4, 0.5) is 19.0 Å². The van der Waals surface area contributed by atoms with E-state index >= 15 is 4.39 Å². The summed E-state index contributed by atoms with van der Waals surface area (Å²) in [5.74, 6) is -2.31. The van der Waals surface area contributed by atoms with Crippen molar-refractivity contribution in [2.24, 2.45) is 17.8 Å². The number of halogens is 3. The van der Waals surface area contributed by atoms with Crippen LogP contribution in [0.3, 0.4) is 0 Å². The standard InChI is InChI=1S/C35H36F3N5O4/c1-2-23-26(37)7-6-18-10-22(44)11-24(28(18)23)30-29(38)31-25(13-39-30)32(42-14-19-4-5-20(15-42)27(19)33(45)46)41-34(40-31)47-17-35-8-3-9-43(35)16-21(36)12-35/h6-7,10-11,13,19-21,27,44H,2-5,8-9,12,14-17H2,1H3,(H,45,46)/t19-,20+,21-,27?,35+/m1/s1. The molecule has 4 aromatic rings. The number of aliphatic carboxylic acids is 1. The van der Waals surface area contributed by atoms with Gasteiger partial charge in [-0.3, -0.25) is 14.7 Å². The number of pyridine rings is 1. The molecule has 4 fully saturated rings. The molecule has 1 unspecified atom stereocenters. The molecule has 9 nitrogen and oxygen atoms in total. The summed E-state index contributed by atoms with van der Waals surface area (Å²) in [5.41, 5.74) is -0.00936. The average molecular weight is 648 g/mol. The van der Waals surface area contributed by atoms with E-state index in [9.17, 15) is 23.8 Å². The summed E-state index contributed by atoms with van der Waals surface area (Å²) in [6.07, 6.45) is 4.51. The molecule has 5 atom stereocenters. The van der Waals surface area contributed by atoms with E-state index in [1.807, 2.05) is 11.8 Å². The number of aromatic hydroxyl groups is 1. The van der Waals surface area contributed by atoms with Gasteiger partial charge in [0, 0.05) is 37.8 Å². The van der Waals surface area contributed by atoms with Crippen molar-refractivity contribution in [2.75, 3.05) is 37.7 Å². The van der Waals surface area contributed by atoms with E-state index in [0.717, 1.165) is 32.2 Å². The van der Waals surface area contributed by atoms with Crippen molar-refractivity contribution in [3.63, 3.8) is 0 Å². The molecule has 8 rings (SSSR count). The van der Waals surface area contributed by atoms with Crippen LogP contribution in [-0.2, 0) is 11.2 Å². The summed E-state index contributed by atoms with van der Waals surface area (Å²) in [6.45, 7) is 3.97. The third-order valence-corrected chi connectivity index (χ3v) is 11.1. The normalized spacial score (nSPS) is 27.2. The quantitative estimate of drug-likeness (QED) is 0.254. The summed E-state index contributed by atoms with van der Waals surface area (Å²) in [6, 6.07) is 5.71. The lowest BCUT2D eigenvalue weighted by Gasteiger charge is -2.37. The van der Waals surface area contributed by atoms with Gasteiger partial charge < -0.3 is 19.8 Å². The lowest BCUT2D eigenvalue weighted by Crippen LogP contribution is -2.45. The van der Waals surface area contributed by atoms with E-state index in [1.165, 1.54) is 24.4 Å². The number of benzene rings is 2. The van der Waals surface area contributed by atoms with Gasteiger partial charge in [0.15, 0.2) is 5.82 Å². The Balaban J connectivity index is 1.26. The van der Waals surface area contributed by atoms with Gasteiger partial charge in [0.05, 0.1) is 16.8 Å². The highest BCUT2D eigenvalue weighted by Gasteiger charge is 2.50. The lowest BCUT2D eigenvalue weighted by molar-refractivity contribution is -0.144. The van der Waals surface area contributed by atoms with E-state index in [2.05, 4.69) is 14.9 Å². The Morgan fingerprint density at radius 2 is 1.91 bits per heavy atom. The number of carboxylic acids is 1. The SMILES string of the molecule is CCc1c(F)ccc2cc(O)cc(-c3ncc4c(N5C[C@H]6CC[C@@H](C5)C6C(=O)O)nc(OC[C@@]56CCCN5C[C@H](F)C6)nc4c3F)c12. The second-order valence-corrected chi connectivity index (χ2v) is 13.7. The zero-order valence-corrected chi connectivity index (χ0v) is 26.1. The Morgan fingerprint density at radius 3 is 2.66 bits per heavy atom. The van der Waals surface area contributed by atoms with Gasteiger partial charge in [0.1, 0.15) is 41.4 Å². The van der Waals surface area contributed by atoms with Gasteiger partial charge in [-0.25, -0.2) is 13.2 Å². The number of rotatable bonds is 7. The van der Waals surface area contributed by atoms with E-state index < -0.39 is 35.2 Å². The first-order valence-corrected chi connectivity index (χ1v) is 16.5. The molecule has 0 radical (unpaired) electrons. The summed E-state index contributed by atoms with van der Waals surface area (Å²) >= 11 is 0. The van der Waals surface area contributed by atoms with Gasteiger partial charge in [-0.05, 0) is 85.0 Å². The van der Waals surface area contributed by atoms with Crippen LogP contribution in [0.2, 0.25) is 0 Å². The average Bonchev–Trinajstić information content (AvgIpc) is 3.66. The number of aromatic nitrogens is 3. The summed E-state index contributed by atoms with van der Waals surface area (Å²) < 4.78 is 52.6. The van der Waals surface area contributed by atoms with Gasteiger partial charge in [-0.2, -0.15) is 9.97 Å². The Morgan fingerprint density at radius 1 is 1.13 bits per heavy atom. The number of ether oxygens (including phenoxy) is 1. The van der Waals surface area contributed by atoms with Gasteiger partial charge >= 0.3 is 12.0 Å². The highest BCUT2D eigenvalue weighted by atomic mass is 19.1. The number of hydrogen-bond acceptors (Lipinski definition) is 8. The number of anilines is 1. The lowest BCUT2D eigenvalue weighted by atomic mass is 9.85. The molecule has 2 aromatic heterocycles. The molecule has 1 aliphatic carbocycles. The van der Waals surface area contributed by atoms with Crippen LogP contribution in [0.15, 0.2) is 30.5 Å². The Bertz CT molecular complexity index is 1910. The fraction of sp³-hybridized carbons (Fsp3) is 0.486. The summed E-state index contributed by atoms with van der Waals surface area (Å²) in [4.78, 5) is 30.0. The van der Waals surface area contributed by atoms with Crippen molar-refractivity contribution in [2.45, 2.75) is 57.2 Å². The molecule has 0 spiro atoms. The van der Waals surface area contributed by atoms with Crippen molar-refractivity contribution < 1.29 is 32.9 Å². The monoisotopic (exact) mass is 647 g/mol. The van der Waals surface area contributed by atoms with E-state index in [-0.39, 0.29) is 47.0 Å². The van der Waals surface area contributed by atoms with Gasteiger partial charge in [0.2, 0.25) is 0 Å². The minimum Gasteiger partial charge on any atom is -0.508 e. The molecule has 12 heteroatoms. The molecule has 2 N–H and O–H groups in total. The van der Waals surface area contributed by atoms with Gasteiger partial charge in [-0.15, -0.1) is 0 Å². The first-order valence-electron chi connectivity index (χ1n) is 16.5. The molecule has 1 saturated carbocycles. The number of alkyl halides is 1. The van der Waals surface area contributed by atoms with Crippen molar-refractivity contribution in [3.8, 4) is 23.0 Å². The molecule has 3 saturated heterocycles. The first-order chi connectivity index (χ1) is 22.7. The molecule has 4 aliphatic rings. The Labute approximate surface area is 269 Å². The van der Waals surface area contributed by atoms with Crippen LogP contribution < -0.4 is 9.64 Å². The number of hydrogen-bond donors (Lipinski definition) is 2. The second kappa shape index (κ2) is 11.2. The third-order valence-electron chi connectivity index (χ3n) is 11.1. The van der Waals surface area contributed by atoms with Crippen LogP contribution in [0.25, 0.3) is 32.9 Å². The molecule has 47 heavy (non-hydrogen) atoms. The number of phenolic OH excluding ortho intramolecular Hbond substituents is 1. The third kappa shape index (κ3) is 4.86. The molecular formula is C35H36F3N5O4. The molecule has 3 aliphatic heterocycles. The topological polar surface area (TPSA) is 112 Å². The number of phenols is 1. The number of carboxylic acid groups (broad SMARTS) is 1. The second-order valence-electron chi connectivity index (χ2n) is 13.7.